The lowest BCUT2D eigenvalue weighted by molar-refractivity contribution is 0.0888. The fourth-order valence-corrected chi connectivity index (χ4v) is 4.82. The van der Waals surface area contributed by atoms with Crippen LogP contribution in [0.4, 0.5) is 10.5 Å². The number of rotatable bonds is 3. The van der Waals surface area contributed by atoms with Crippen molar-refractivity contribution in [2.24, 2.45) is 0 Å². The van der Waals surface area contributed by atoms with Gasteiger partial charge in [-0.05, 0) is 57.0 Å². The molecule has 0 unspecified atom stereocenters. The minimum absolute atomic E-state index is 0.579. The summed E-state index contributed by atoms with van der Waals surface area (Å²) < 4.78 is 1.06. The third-order valence-corrected chi connectivity index (χ3v) is 6.56. The highest BCUT2D eigenvalue weighted by molar-refractivity contribution is 7.18. The Morgan fingerprint density at radius 3 is 2.46 bits per heavy atom. The molecule has 1 aromatic carbocycles. The SMILES string of the molecule is C1CC1.O=C(O)Nc1ccc2nc(C3CC(N4CCCCC4)C3)sc2c1. The van der Waals surface area contributed by atoms with Crippen molar-refractivity contribution in [3.63, 3.8) is 0 Å². The molecule has 2 aromatic rings. The van der Waals surface area contributed by atoms with Crippen molar-refractivity contribution in [1.29, 1.82) is 0 Å². The number of piperidine rings is 1. The minimum atomic E-state index is -1.03. The van der Waals surface area contributed by atoms with Gasteiger partial charge in [0, 0.05) is 17.6 Å². The molecule has 1 saturated heterocycles. The van der Waals surface area contributed by atoms with Crippen molar-refractivity contribution in [3.05, 3.63) is 23.2 Å². The molecule has 1 amide bonds. The van der Waals surface area contributed by atoms with Gasteiger partial charge in [-0.25, -0.2) is 9.78 Å². The molecule has 140 valence electrons. The maximum atomic E-state index is 10.7. The van der Waals surface area contributed by atoms with Crippen molar-refractivity contribution in [2.45, 2.75) is 63.3 Å². The molecule has 2 N–H and O–H groups in total. The molecule has 5 nitrogen and oxygen atoms in total. The van der Waals surface area contributed by atoms with Gasteiger partial charge in [-0.15, -0.1) is 11.3 Å². The van der Waals surface area contributed by atoms with Gasteiger partial charge < -0.3 is 10.0 Å². The Kier molecular flexibility index (Phi) is 5.41. The molecule has 0 spiro atoms. The van der Waals surface area contributed by atoms with Crippen LogP contribution in [0.1, 0.15) is 62.3 Å². The second kappa shape index (κ2) is 7.92. The first-order valence-electron chi connectivity index (χ1n) is 9.83. The third-order valence-electron chi connectivity index (χ3n) is 5.38. The number of amides is 1. The lowest BCUT2D eigenvalue weighted by Gasteiger charge is -2.43. The van der Waals surface area contributed by atoms with Gasteiger partial charge in [0.2, 0.25) is 0 Å². The predicted octanol–water partition coefficient (Wildman–Crippen LogP) is 5.29. The zero-order chi connectivity index (χ0) is 17.9. The molecular formula is C20H27N3O2S. The number of anilines is 1. The molecule has 3 aliphatic rings. The summed E-state index contributed by atoms with van der Waals surface area (Å²) in [5.41, 5.74) is 1.59. The minimum Gasteiger partial charge on any atom is -0.465 e. The Morgan fingerprint density at radius 2 is 1.81 bits per heavy atom. The van der Waals surface area contributed by atoms with Crippen molar-refractivity contribution >= 4 is 33.3 Å². The van der Waals surface area contributed by atoms with Crippen LogP contribution in [0.25, 0.3) is 10.2 Å². The van der Waals surface area contributed by atoms with E-state index in [-0.39, 0.29) is 0 Å². The normalized spacial score (nSPS) is 25.1. The van der Waals surface area contributed by atoms with Gasteiger partial charge in [-0.2, -0.15) is 0 Å². The molecular weight excluding hydrogens is 346 g/mol. The van der Waals surface area contributed by atoms with E-state index in [1.54, 1.807) is 17.4 Å². The highest BCUT2D eigenvalue weighted by Crippen LogP contribution is 2.43. The molecule has 3 fully saturated rings. The Balaban J connectivity index is 0.000000510. The van der Waals surface area contributed by atoms with Gasteiger partial charge in [-0.3, -0.25) is 5.32 Å². The molecule has 0 bridgehead atoms. The summed E-state index contributed by atoms with van der Waals surface area (Å²) in [6, 6.07) is 6.31. The standard InChI is InChI=1S/C17H21N3O2S.C3H6/c21-17(22)18-12-4-5-14-15(10-12)23-16(19-14)11-8-13(9-11)20-6-2-1-3-7-20;1-2-3-1/h4-5,10-11,13,18H,1-3,6-9H2,(H,21,22);1-3H2. The average molecular weight is 374 g/mol. The molecule has 6 heteroatoms. The van der Waals surface area contributed by atoms with Crippen LogP contribution in [0.3, 0.4) is 0 Å². The van der Waals surface area contributed by atoms with Crippen molar-refractivity contribution in [3.8, 4) is 0 Å². The fourth-order valence-electron chi connectivity index (χ4n) is 3.69. The number of nitrogens with zero attached hydrogens (tertiary/aromatic N) is 2. The largest absolute Gasteiger partial charge is 0.465 e. The van der Waals surface area contributed by atoms with E-state index in [1.165, 1.54) is 69.5 Å². The number of hydrogen-bond donors (Lipinski definition) is 2. The summed E-state index contributed by atoms with van der Waals surface area (Å²) in [5.74, 6) is 0.579. The van der Waals surface area contributed by atoms with Crippen LogP contribution in [0.2, 0.25) is 0 Å². The fraction of sp³-hybridized carbons (Fsp3) is 0.600. The summed E-state index contributed by atoms with van der Waals surface area (Å²) in [6.45, 7) is 2.53. The Bertz CT molecular complexity index is 759. The smallest absolute Gasteiger partial charge is 0.409 e. The second-order valence-electron chi connectivity index (χ2n) is 7.64. The van der Waals surface area contributed by atoms with Gasteiger partial charge in [-0.1, -0.05) is 25.7 Å². The van der Waals surface area contributed by atoms with E-state index in [4.69, 9.17) is 10.1 Å². The Morgan fingerprint density at radius 1 is 1.12 bits per heavy atom. The first-order valence-corrected chi connectivity index (χ1v) is 10.7. The molecule has 26 heavy (non-hydrogen) atoms. The van der Waals surface area contributed by atoms with Crippen molar-refractivity contribution in [1.82, 2.24) is 9.88 Å². The highest BCUT2D eigenvalue weighted by Gasteiger charge is 2.36. The van der Waals surface area contributed by atoms with Crippen LogP contribution in [-0.2, 0) is 0 Å². The maximum absolute atomic E-state index is 10.7. The summed E-state index contributed by atoms with van der Waals surface area (Å²) in [6.07, 6.45) is 10.00. The number of carbonyl (C=O) groups is 1. The van der Waals surface area contributed by atoms with E-state index in [0.29, 0.717) is 11.6 Å². The molecule has 1 aromatic heterocycles. The molecule has 2 aliphatic carbocycles. The van der Waals surface area contributed by atoms with Gasteiger partial charge in [0.25, 0.3) is 0 Å². The first-order chi connectivity index (χ1) is 12.7. The summed E-state index contributed by atoms with van der Waals surface area (Å²) in [4.78, 5) is 18.1. The summed E-state index contributed by atoms with van der Waals surface area (Å²) in [7, 11) is 0. The third kappa shape index (κ3) is 4.35. The average Bonchev–Trinajstić information content (AvgIpc) is 3.41. The topological polar surface area (TPSA) is 65.5 Å². The van der Waals surface area contributed by atoms with E-state index in [1.807, 2.05) is 12.1 Å². The number of nitrogens with one attached hydrogen (secondary N) is 1. The van der Waals surface area contributed by atoms with Gasteiger partial charge >= 0.3 is 6.09 Å². The van der Waals surface area contributed by atoms with E-state index in [9.17, 15) is 4.79 Å². The predicted molar refractivity (Wildman–Crippen MR) is 106 cm³/mol. The monoisotopic (exact) mass is 373 g/mol. The van der Waals surface area contributed by atoms with Gasteiger partial charge in [0.15, 0.2) is 0 Å². The lowest BCUT2D eigenvalue weighted by atomic mass is 9.79. The summed E-state index contributed by atoms with van der Waals surface area (Å²) in [5, 5.41) is 12.4. The van der Waals surface area contributed by atoms with E-state index in [2.05, 4.69) is 10.2 Å². The van der Waals surface area contributed by atoms with Crippen LogP contribution >= 0.6 is 11.3 Å². The molecule has 0 radical (unpaired) electrons. The van der Waals surface area contributed by atoms with Crippen LogP contribution in [0, 0.1) is 0 Å². The highest BCUT2D eigenvalue weighted by atomic mass is 32.1. The number of benzene rings is 1. The number of thiazole rings is 1. The van der Waals surface area contributed by atoms with E-state index < -0.39 is 6.09 Å². The van der Waals surface area contributed by atoms with Crippen LogP contribution < -0.4 is 5.32 Å². The molecule has 1 aliphatic heterocycles. The first kappa shape index (κ1) is 17.7. The Labute approximate surface area is 158 Å². The molecule has 5 rings (SSSR count). The Hall–Kier alpha value is -1.66. The quantitative estimate of drug-likeness (QED) is 0.767. The van der Waals surface area contributed by atoms with E-state index in [0.717, 1.165) is 16.3 Å². The van der Waals surface area contributed by atoms with E-state index >= 15 is 0 Å². The van der Waals surface area contributed by atoms with Gasteiger partial charge in [0.05, 0.1) is 15.2 Å². The van der Waals surface area contributed by atoms with Crippen LogP contribution in [-0.4, -0.2) is 40.2 Å². The number of likely N-dealkylation sites (tertiary alicyclic amines) is 1. The number of fused-ring (bicyclic) bond motifs is 1. The zero-order valence-corrected chi connectivity index (χ0v) is 15.9. The summed E-state index contributed by atoms with van der Waals surface area (Å²) >= 11 is 1.71. The number of hydrogen-bond acceptors (Lipinski definition) is 4. The van der Waals surface area contributed by atoms with Gasteiger partial charge in [0.1, 0.15) is 0 Å². The van der Waals surface area contributed by atoms with Crippen molar-refractivity contribution < 1.29 is 9.90 Å². The lowest BCUT2D eigenvalue weighted by Crippen LogP contribution is -2.46. The van der Waals surface area contributed by atoms with Crippen LogP contribution in [0.5, 0.6) is 0 Å². The second-order valence-corrected chi connectivity index (χ2v) is 8.71. The number of carboxylic acid groups (broad SMARTS) is 1. The maximum Gasteiger partial charge on any atom is 0.409 e. The van der Waals surface area contributed by atoms with Crippen LogP contribution in [0.15, 0.2) is 18.2 Å². The molecule has 0 atom stereocenters. The number of aromatic nitrogens is 1. The molecule has 2 heterocycles. The zero-order valence-electron chi connectivity index (χ0n) is 15.1. The van der Waals surface area contributed by atoms with Crippen molar-refractivity contribution in [2.75, 3.05) is 18.4 Å². The molecule has 2 saturated carbocycles.